The number of hydrogen-bond acceptors (Lipinski definition) is 5. The van der Waals surface area contributed by atoms with Gasteiger partial charge in [-0.3, -0.25) is 14.5 Å². The highest BCUT2D eigenvalue weighted by atomic mass is 16.5. The average Bonchev–Trinajstić information content (AvgIpc) is 2.85. The third-order valence-electron chi connectivity index (χ3n) is 4.17. The fourth-order valence-electron chi connectivity index (χ4n) is 2.85. The van der Waals surface area contributed by atoms with Crippen LogP contribution in [-0.4, -0.2) is 67.6 Å². The minimum absolute atomic E-state index is 0.117. The van der Waals surface area contributed by atoms with Gasteiger partial charge >= 0.3 is 5.97 Å². The second-order valence-electron chi connectivity index (χ2n) is 6.10. The molecule has 0 radical (unpaired) electrons. The third-order valence-corrected chi connectivity index (χ3v) is 4.17. The van der Waals surface area contributed by atoms with E-state index in [4.69, 9.17) is 9.47 Å². The lowest BCUT2D eigenvalue weighted by Gasteiger charge is -2.21. The Bertz CT molecular complexity index is 535. The van der Waals surface area contributed by atoms with E-state index in [1.165, 1.54) is 0 Å². The Kier molecular flexibility index (Phi) is 8.42. The summed E-state index contributed by atoms with van der Waals surface area (Å²) in [4.78, 5) is 27.8. The Morgan fingerprint density at radius 2 is 1.88 bits per heavy atom. The molecule has 0 spiro atoms. The second-order valence-corrected chi connectivity index (χ2v) is 6.10. The SMILES string of the molecule is CCOC(=O)CN1CCCN(C(=O)CCOCc2ccccc2)CC1. The van der Waals surface area contributed by atoms with Crippen LogP contribution < -0.4 is 0 Å². The summed E-state index contributed by atoms with van der Waals surface area (Å²) in [6, 6.07) is 9.94. The van der Waals surface area contributed by atoms with Gasteiger partial charge in [0.15, 0.2) is 0 Å². The first-order chi connectivity index (χ1) is 12.2. The summed E-state index contributed by atoms with van der Waals surface area (Å²) < 4.78 is 10.6. The topological polar surface area (TPSA) is 59.1 Å². The van der Waals surface area contributed by atoms with Gasteiger partial charge in [-0.2, -0.15) is 0 Å². The van der Waals surface area contributed by atoms with E-state index < -0.39 is 0 Å². The molecule has 0 aliphatic carbocycles. The molecule has 1 amide bonds. The molecule has 1 heterocycles. The molecule has 0 unspecified atom stereocenters. The first-order valence-corrected chi connectivity index (χ1v) is 8.96. The van der Waals surface area contributed by atoms with Crippen LogP contribution in [0.2, 0.25) is 0 Å². The summed E-state index contributed by atoms with van der Waals surface area (Å²) >= 11 is 0. The van der Waals surface area contributed by atoms with Gasteiger partial charge in [0.1, 0.15) is 0 Å². The van der Waals surface area contributed by atoms with Crippen LogP contribution in [0.3, 0.4) is 0 Å². The fourth-order valence-corrected chi connectivity index (χ4v) is 2.85. The molecule has 1 aromatic rings. The number of carbonyl (C=O) groups is 2. The number of benzene rings is 1. The van der Waals surface area contributed by atoms with Crippen molar-refractivity contribution in [1.29, 1.82) is 0 Å². The Labute approximate surface area is 149 Å². The van der Waals surface area contributed by atoms with Crippen LogP contribution in [0.5, 0.6) is 0 Å². The molecule has 1 aliphatic heterocycles. The summed E-state index contributed by atoms with van der Waals surface area (Å²) in [5.74, 6) is -0.0809. The molecule has 0 N–H and O–H groups in total. The quantitative estimate of drug-likeness (QED) is 0.529. The maximum atomic E-state index is 12.3. The molecule has 0 aromatic heterocycles. The van der Waals surface area contributed by atoms with E-state index in [9.17, 15) is 9.59 Å². The smallest absolute Gasteiger partial charge is 0.320 e. The van der Waals surface area contributed by atoms with Crippen molar-refractivity contribution in [1.82, 2.24) is 9.80 Å². The molecule has 138 valence electrons. The Balaban J connectivity index is 1.65. The summed E-state index contributed by atoms with van der Waals surface area (Å²) in [5, 5.41) is 0. The monoisotopic (exact) mass is 348 g/mol. The summed E-state index contributed by atoms with van der Waals surface area (Å²) in [6.45, 7) is 6.37. The normalized spacial score (nSPS) is 15.6. The van der Waals surface area contributed by atoms with Gasteiger partial charge in [-0.1, -0.05) is 30.3 Å². The van der Waals surface area contributed by atoms with Crippen LogP contribution in [0.4, 0.5) is 0 Å². The van der Waals surface area contributed by atoms with E-state index >= 15 is 0 Å². The predicted molar refractivity (Wildman–Crippen MR) is 95.0 cm³/mol. The number of hydrogen-bond donors (Lipinski definition) is 0. The van der Waals surface area contributed by atoms with Gasteiger partial charge < -0.3 is 14.4 Å². The van der Waals surface area contributed by atoms with Crippen LogP contribution in [-0.2, 0) is 25.7 Å². The van der Waals surface area contributed by atoms with E-state index in [1.54, 1.807) is 6.92 Å². The summed E-state index contributed by atoms with van der Waals surface area (Å²) in [6.07, 6.45) is 1.26. The summed E-state index contributed by atoms with van der Waals surface area (Å²) in [5.41, 5.74) is 1.11. The lowest BCUT2D eigenvalue weighted by Crippen LogP contribution is -2.37. The maximum Gasteiger partial charge on any atom is 0.320 e. The molecular formula is C19H28N2O4. The minimum atomic E-state index is -0.198. The number of ether oxygens (including phenoxy) is 2. The Hall–Kier alpha value is -1.92. The number of amides is 1. The highest BCUT2D eigenvalue weighted by Crippen LogP contribution is 2.06. The third kappa shape index (κ3) is 7.23. The van der Waals surface area contributed by atoms with Crippen LogP contribution >= 0.6 is 0 Å². The van der Waals surface area contributed by atoms with E-state index in [2.05, 4.69) is 4.90 Å². The number of carbonyl (C=O) groups excluding carboxylic acids is 2. The van der Waals surface area contributed by atoms with Crippen molar-refractivity contribution in [3.63, 3.8) is 0 Å². The molecule has 1 aromatic carbocycles. The fraction of sp³-hybridized carbons (Fsp3) is 0.579. The number of esters is 1. The van der Waals surface area contributed by atoms with Crippen molar-refractivity contribution >= 4 is 11.9 Å². The number of rotatable bonds is 8. The molecule has 1 fully saturated rings. The largest absolute Gasteiger partial charge is 0.465 e. The van der Waals surface area contributed by atoms with Gasteiger partial charge in [-0.15, -0.1) is 0 Å². The Morgan fingerprint density at radius 1 is 1.08 bits per heavy atom. The molecule has 1 aliphatic rings. The van der Waals surface area contributed by atoms with Gasteiger partial charge in [-0.25, -0.2) is 0 Å². The lowest BCUT2D eigenvalue weighted by molar-refractivity contribution is -0.144. The Morgan fingerprint density at radius 3 is 2.64 bits per heavy atom. The lowest BCUT2D eigenvalue weighted by atomic mass is 10.2. The molecule has 6 heteroatoms. The first kappa shape index (κ1) is 19.4. The summed E-state index contributed by atoms with van der Waals surface area (Å²) in [7, 11) is 0. The molecule has 2 rings (SSSR count). The predicted octanol–water partition coefficient (Wildman–Crippen LogP) is 1.69. The highest BCUT2D eigenvalue weighted by Gasteiger charge is 2.20. The van der Waals surface area contributed by atoms with E-state index in [-0.39, 0.29) is 11.9 Å². The molecule has 6 nitrogen and oxygen atoms in total. The molecular weight excluding hydrogens is 320 g/mol. The van der Waals surface area contributed by atoms with Gasteiger partial charge in [0.25, 0.3) is 0 Å². The van der Waals surface area contributed by atoms with Crippen molar-refractivity contribution in [2.75, 3.05) is 45.9 Å². The zero-order valence-electron chi connectivity index (χ0n) is 15.0. The number of nitrogens with zero attached hydrogens (tertiary/aromatic N) is 2. The van der Waals surface area contributed by atoms with Crippen LogP contribution in [0.1, 0.15) is 25.3 Å². The zero-order chi connectivity index (χ0) is 17.9. The van der Waals surface area contributed by atoms with Crippen molar-refractivity contribution < 1.29 is 19.1 Å². The standard InChI is InChI=1S/C19H28N2O4/c1-2-25-19(23)15-20-10-6-11-21(13-12-20)18(22)9-14-24-16-17-7-4-3-5-8-17/h3-5,7-8H,2,6,9-16H2,1H3. The molecule has 0 bridgehead atoms. The minimum Gasteiger partial charge on any atom is -0.465 e. The van der Waals surface area contributed by atoms with Gasteiger partial charge in [0, 0.05) is 26.2 Å². The zero-order valence-corrected chi connectivity index (χ0v) is 15.0. The van der Waals surface area contributed by atoms with Gasteiger partial charge in [0.2, 0.25) is 5.91 Å². The van der Waals surface area contributed by atoms with Gasteiger partial charge in [0.05, 0.1) is 32.8 Å². The van der Waals surface area contributed by atoms with Gasteiger partial charge in [-0.05, 0) is 18.9 Å². The van der Waals surface area contributed by atoms with E-state index in [0.717, 1.165) is 25.1 Å². The molecule has 0 atom stereocenters. The molecule has 1 saturated heterocycles. The van der Waals surface area contributed by atoms with E-state index in [1.807, 2.05) is 35.2 Å². The highest BCUT2D eigenvalue weighted by molar-refractivity contribution is 5.76. The van der Waals surface area contributed by atoms with Crippen molar-refractivity contribution in [2.24, 2.45) is 0 Å². The first-order valence-electron chi connectivity index (χ1n) is 8.96. The molecule has 25 heavy (non-hydrogen) atoms. The van der Waals surface area contributed by atoms with Crippen LogP contribution in [0, 0.1) is 0 Å². The molecule has 0 saturated carbocycles. The van der Waals surface area contributed by atoms with Crippen molar-refractivity contribution in [2.45, 2.75) is 26.4 Å². The van der Waals surface area contributed by atoms with Crippen LogP contribution in [0.15, 0.2) is 30.3 Å². The maximum absolute atomic E-state index is 12.3. The average molecular weight is 348 g/mol. The van der Waals surface area contributed by atoms with E-state index in [0.29, 0.717) is 45.9 Å². The van der Waals surface area contributed by atoms with Crippen molar-refractivity contribution in [3.05, 3.63) is 35.9 Å². The van der Waals surface area contributed by atoms with Crippen LogP contribution in [0.25, 0.3) is 0 Å². The second kappa shape index (κ2) is 10.8. The van der Waals surface area contributed by atoms with Crippen molar-refractivity contribution in [3.8, 4) is 0 Å².